The minimum absolute atomic E-state index is 0.374. The summed E-state index contributed by atoms with van der Waals surface area (Å²) in [5.41, 5.74) is 0. The molecular weight excluding hydrogens is 236 g/mol. The van der Waals surface area contributed by atoms with Crippen molar-refractivity contribution in [2.45, 2.75) is 57.9 Å². The van der Waals surface area contributed by atoms with E-state index in [0.717, 1.165) is 18.5 Å². The second kappa shape index (κ2) is 8.23. The molecule has 19 heavy (non-hydrogen) atoms. The average molecular weight is 268 g/mol. The fourth-order valence-corrected chi connectivity index (χ4v) is 3.76. The molecule has 1 heterocycles. The first-order valence-electron chi connectivity index (χ1n) is 8.40. The maximum atomic E-state index is 9.26. The van der Waals surface area contributed by atoms with Crippen LogP contribution >= 0.6 is 0 Å². The third kappa shape index (κ3) is 4.73. The van der Waals surface area contributed by atoms with Gasteiger partial charge in [0.2, 0.25) is 0 Å². The fourth-order valence-electron chi connectivity index (χ4n) is 3.76. The van der Waals surface area contributed by atoms with Gasteiger partial charge in [-0.2, -0.15) is 0 Å². The minimum atomic E-state index is 0.374. The highest BCUT2D eigenvalue weighted by molar-refractivity contribution is 4.84. The van der Waals surface area contributed by atoms with Crippen molar-refractivity contribution in [3.05, 3.63) is 0 Å². The van der Waals surface area contributed by atoms with E-state index in [2.05, 4.69) is 17.1 Å². The van der Waals surface area contributed by atoms with Crippen LogP contribution in [0.2, 0.25) is 0 Å². The molecule has 3 atom stereocenters. The summed E-state index contributed by atoms with van der Waals surface area (Å²) >= 11 is 0. The highest BCUT2D eigenvalue weighted by Crippen LogP contribution is 2.26. The standard InChI is InChI=1S/C16H32N2O/c1-2-9-17-16-7-5-3-4-6-15(16)12-18-10-8-14(11-18)13-19/h14-17,19H,2-13H2,1H3. The Bertz CT molecular complexity index is 247. The van der Waals surface area contributed by atoms with Crippen LogP contribution in [0.3, 0.4) is 0 Å². The predicted molar refractivity (Wildman–Crippen MR) is 80.3 cm³/mol. The molecule has 112 valence electrons. The summed E-state index contributed by atoms with van der Waals surface area (Å²) in [7, 11) is 0. The van der Waals surface area contributed by atoms with Crippen molar-refractivity contribution >= 4 is 0 Å². The lowest BCUT2D eigenvalue weighted by molar-refractivity contribution is 0.196. The van der Waals surface area contributed by atoms with Crippen molar-refractivity contribution in [1.82, 2.24) is 10.2 Å². The van der Waals surface area contributed by atoms with Crippen molar-refractivity contribution in [2.24, 2.45) is 11.8 Å². The topological polar surface area (TPSA) is 35.5 Å². The van der Waals surface area contributed by atoms with Gasteiger partial charge in [0.1, 0.15) is 0 Å². The van der Waals surface area contributed by atoms with Crippen LogP contribution in [0.25, 0.3) is 0 Å². The second-order valence-corrected chi connectivity index (χ2v) is 6.56. The molecule has 1 saturated carbocycles. The van der Waals surface area contributed by atoms with Crippen molar-refractivity contribution < 1.29 is 5.11 Å². The normalized spacial score (nSPS) is 33.5. The van der Waals surface area contributed by atoms with Gasteiger partial charge in [-0.05, 0) is 50.6 Å². The maximum absolute atomic E-state index is 9.26. The highest BCUT2D eigenvalue weighted by atomic mass is 16.3. The van der Waals surface area contributed by atoms with Gasteiger partial charge in [-0.25, -0.2) is 0 Å². The van der Waals surface area contributed by atoms with Crippen LogP contribution in [0.1, 0.15) is 51.9 Å². The third-order valence-corrected chi connectivity index (χ3v) is 4.94. The number of hydrogen-bond donors (Lipinski definition) is 2. The molecule has 0 bridgehead atoms. The van der Waals surface area contributed by atoms with E-state index in [1.807, 2.05) is 0 Å². The Labute approximate surface area is 118 Å². The molecular formula is C16H32N2O. The van der Waals surface area contributed by atoms with Crippen molar-refractivity contribution in [3.63, 3.8) is 0 Å². The molecule has 1 saturated heterocycles. The van der Waals surface area contributed by atoms with Crippen LogP contribution < -0.4 is 5.32 Å². The molecule has 0 amide bonds. The van der Waals surface area contributed by atoms with Crippen LogP contribution in [0, 0.1) is 11.8 Å². The van der Waals surface area contributed by atoms with E-state index in [9.17, 15) is 5.11 Å². The Kier molecular flexibility index (Phi) is 6.62. The number of nitrogens with one attached hydrogen (secondary N) is 1. The van der Waals surface area contributed by atoms with E-state index in [0.29, 0.717) is 12.5 Å². The number of nitrogens with zero attached hydrogens (tertiary/aromatic N) is 1. The summed E-state index contributed by atoms with van der Waals surface area (Å²) in [5.74, 6) is 1.36. The molecule has 0 spiro atoms. The van der Waals surface area contributed by atoms with Crippen molar-refractivity contribution in [2.75, 3.05) is 32.8 Å². The van der Waals surface area contributed by atoms with E-state index in [1.165, 1.54) is 64.6 Å². The smallest absolute Gasteiger partial charge is 0.0471 e. The van der Waals surface area contributed by atoms with Gasteiger partial charge in [0, 0.05) is 25.7 Å². The highest BCUT2D eigenvalue weighted by Gasteiger charge is 2.28. The SMILES string of the molecule is CCCNC1CCCCCC1CN1CCC(CO)C1. The first-order chi connectivity index (χ1) is 9.33. The van der Waals surface area contributed by atoms with Gasteiger partial charge in [-0.15, -0.1) is 0 Å². The third-order valence-electron chi connectivity index (χ3n) is 4.94. The van der Waals surface area contributed by atoms with E-state index >= 15 is 0 Å². The van der Waals surface area contributed by atoms with Crippen LogP contribution in [-0.4, -0.2) is 48.8 Å². The quantitative estimate of drug-likeness (QED) is 0.725. The van der Waals surface area contributed by atoms with Crippen LogP contribution in [0.15, 0.2) is 0 Å². The minimum Gasteiger partial charge on any atom is -0.396 e. The summed E-state index contributed by atoms with van der Waals surface area (Å²) in [4.78, 5) is 2.59. The summed E-state index contributed by atoms with van der Waals surface area (Å²) < 4.78 is 0. The zero-order chi connectivity index (χ0) is 13.5. The molecule has 3 unspecified atom stereocenters. The predicted octanol–water partition coefficient (Wildman–Crippen LogP) is 2.25. The molecule has 3 nitrogen and oxygen atoms in total. The lowest BCUT2D eigenvalue weighted by Crippen LogP contribution is -2.41. The lowest BCUT2D eigenvalue weighted by atomic mass is 9.94. The average Bonchev–Trinajstić information content (AvgIpc) is 2.77. The van der Waals surface area contributed by atoms with Crippen LogP contribution in [-0.2, 0) is 0 Å². The van der Waals surface area contributed by atoms with Gasteiger partial charge in [-0.3, -0.25) is 0 Å². The van der Waals surface area contributed by atoms with Gasteiger partial charge >= 0.3 is 0 Å². The Morgan fingerprint density at radius 3 is 2.74 bits per heavy atom. The number of likely N-dealkylation sites (tertiary alicyclic amines) is 1. The largest absolute Gasteiger partial charge is 0.396 e. The van der Waals surface area contributed by atoms with Crippen LogP contribution in [0.4, 0.5) is 0 Å². The van der Waals surface area contributed by atoms with E-state index in [4.69, 9.17) is 0 Å². The molecule has 1 aliphatic heterocycles. The summed E-state index contributed by atoms with van der Waals surface area (Å²) in [6, 6.07) is 0.732. The summed E-state index contributed by atoms with van der Waals surface area (Å²) in [5, 5.41) is 13.0. The lowest BCUT2D eigenvalue weighted by Gasteiger charge is -2.30. The van der Waals surface area contributed by atoms with Crippen LogP contribution in [0.5, 0.6) is 0 Å². The Morgan fingerprint density at radius 2 is 2.00 bits per heavy atom. The molecule has 3 heteroatoms. The zero-order valence-corrected chi connectivity index (χ0v) is 12.6. The Balaban J connectivity index is 1.83. The molecule has 2 N–H and O–H groups in total. The molecule has 0 aromatic carbocycles. The monoisotopic (exact) mass is 268 g/mol. The Hall–Kier alpha value is -0.120. The van der Waals surface area contributed by atoms with Gasteiger partial charge in [0.15, 0.2) is 0 Å². The van der Waals surface area contributed by atoms with Crippen molar-refractivity contribution in [3.8, 4) is 0 Å². The van der Waals surface area contributed by atoms with Gasteiger partial charge in [-0.1, -0.05) is 26.2 Å². The molecule has 2 rings (SSSR count). The number of aliphatic hydroxyl groups is 1. The zero-order valence-electron chi connectivity index (χ0n) is 12.6. The number of hydrogen-bond acceptors (Lipinski definition) is 3. The number of rotatable bonds is 6. The molecule has 2 fully saturated rings. The first kappa shape index (κ1) is 15.3. The molecule has 0 aromatic heterocycles. The second-order valence-electron chi connectivity index (χ2n) is 6.56. The van der Waals surface area contributed by atoms with E-state index < -0.39 is 0 Å². The molecule has 2 aliphatic rings. The molecule has 0 radical (unpaired) electrons. The van der Waals surface area contributed by atoms with Crippen molar-refractivity contribution in [1.29, 1.82) is 0 Å². The summed E-state index contributed by atoms with van der Waals surface area (Å²) in [6.45, 7) is 7.36. The molecule has 1 aliphatic carbocycles. The van der Waals surface area contributed by atoms with Gasteiger partial charge < -0.3 is 15.3 Å². The first-order valence-corrected chi connectivity index (χ1v) is 8.40. The fraction of sp³-hybridized carbons (Fsp3) is 1.00. The molecule has 0 aromatic rings. The van der Waals surface area contributed by atoms with Gasteiger partial charge in [0.25, 0.3) is 0 Å². The maximum Gasteiger partial charge on any atom is 0.0471 e. The van der Waals surface area contributed by atoms with E-state index in [1.54, 1.807) is 0 Å². The summed E-state index contributed by atoms with van der Waals surface area (Å²) in [6.07, 6.45) is 9.41. The number of aliphatic hydroxyl groups excluding tert-OH is 1. The van der Waals surface area contributed by atoms with Gasteiger partial charge in [0.05, 0.1) is 0 Å². The van der Waals surface area contributed by atoms with E-state index in [-0.39, 0.29) is 0 Å². The Morgan fingerprint density at radius 1 is 1.16 bits per heavy atom.